The number of hydrogen-bond donors (Lipinski definition) is 1. The third-order valence-electron chi connectivity index (χ3n) is 5.34. The number of hydrogen-bond acceptors (Lipinski definition) is 1. The summed E-state index contributed by atoms with van der Waals surface area (Å²) in [7, 11) is 0. The molecule has 0 bridgehead atoms. The Bertz CT molecular complexity index is 595. The van der Waals surface area contributed by atoms with Gasteiger partial charge in [-0.05, 0) is 69.7 Å². The lowest BCUT2D eigenvalue weighted by atomic mass is 9.84. The van der Waals surface area contributed by atoms with Crippen LogP contribution in [-0.4, -0.2) is 6.04 Å². The zero-order valence-corrected chi connectivity index (χ0v) is 13.3. The molecule has 1 atom stereocenters. The largest absolute Gasteiger partial charge is 0.382 e. The van der Waals surface area contributed by atoms with E-state index in [9.17, 15) is 0 Å². The van der Waals surface area contributed by atoms with E-state index in [0.29, 0.717) is 12.0 Å². The maximum absolute atomic E-state index is 3.73. The average Bonchev–Trinajstić information content (AvgIpc) is 2.63. The predicted molar refractivity (Wildman–Crippen MR) is 87.3 cm³/mol. The summed E-state index contributed by atoms with van der Waals surface area (Å²) in [5.41, 5.74) is 10.4. The van der Waals surface area contributed by atoms with Gasteiger partial charge in [0.05, 0.1) is 0 Å². The van der Waals surface area contributed by atoms with Crippen molar-refractivity contribution in [2.24, 2.45) is 0 Å². The van der Waals surface area contributed by atoms with Crippen LogP contribution >= 0.6 is 0 Å². The Morgan fingerprint density at radius 3 is 2.30 bits per heavy atom. The van der Waals surface area contributed by atoms with Gasteiger partial charge in [0, 0.05) is 17.6 Å². The molecule has 3 rings (SSSR count). The molecule has 20 heavy (non-hydrogen) atoms. The first-order valence-electron chi connectivity index (χ1n) is 7.74. The van der Waals surface area contributed by atoms with E-state index in [4.69, 9.17) is 0 Å². The lowest BCUT2D eigenvalue weighted by Gasteiger charge is -2.29. The number of nitrogens with one attached hydrogen (secondary N) is 1. The number of benzene rings is 1. The Hall–Kier alpha value is -1.50. The highest BCUT2D eigenvalue weighted by Crippen LogP contribution is 2.46. The van der Waals surface area contributed by atoms with E-state index >= 15 is 0 Å². The van der Waals surface area contributed by atoms with Crippen LogP contribution in [0.5, 0.6) is 0 Å². The molecule has 0 radical (unpaired) electrons. The second-order valence-corrected chi connectivity index (χ2v) is 6.51. The molecule has 0 saturated carbocycles. The average molecular weight is 267 g/mol. The van der Waals surface area contributed by atoms with Gasteiger partial charge in [0.15, 0.2) is 0 Å². The van der Waals surface area contributed by atoms with Crippen molar-refractivity contribution in [3.63, 3.8) is 0 Å². The van der Waals surface area contributed by atoms with Crippen LogP contribution in [0.4, 0.5) is 5.69 Å². The summed E-state index contributed by atoms with van der Waals surface area (Å²) in [6.07, 6.45) is 2.44. The molecule has 0 fully saturated rings. The Morgan fingerprint density at radius 2 is 1.65 bits per heavy atom. The third kappa shape index (κ3) is 1.91. The fourth-order valence-electron chi connectivity index (χ4n) is 3.75. The molecule has 1 aromatic carbocycles. The summed E-state index contributed by atoms with van der Waals surface area (Å²) in [4.78, 5) is 0. The van der Waals surface area contributed by atoms with Gasteiger partial charge in [-0.3, -0.25) is 0 Å². The van der Waals surface area contributed by atoms with Crippen molar-refractivity contribution in [3.05, 3.63) is 51.6 Å². The highest BCUT2D eigenvalue weighted by molar-refractivity contribution is 5.66. The Balaban J connectivity index is 2.13. The molecule has 0 saturated heterocycles. The predicted octanol–water partition coefficient (Wildman–Crippen LogP) is 5.20. The Morgan fingerprint density at radius 1 is 1.00 bits per heavy atom. The van der Waals surface area contributed by atoms with Crippen molar-refractivity contribution in [2.45, 2.75) is 59.4 Å². The molecule has 0 aromatic heterocycles. The number of allylic oxidation sites excluding steroid dienone is 4. The fraction of sp³-hybridized carbons (Fsp3) is 0.474. The molecule has 1 aliphatic heterocycles. The molecule has 1 unspecified atom stereocenters. The van der Waals surface area contributed by atoms with Crippen molar-refractivity contribution in [2.75, 3.05) is 5.32 Å². The summed E-state index contributed by atoms with van der Waals surface area (Å²) in [5, 5.41) is 3.73. The number of rotatable bonds is 1. The van der Waals surface area contributed by atoms with Crippen LogP contribution in [0.2, 0.25) is 0 Å². The molecular formula is C19H25N. The van der Waals surface area contributed by atoms with E-state index in [1.807, 2.05) is 0 Å². The standard InChI is InChI=1S/C19H25N/c1-11-9-10-16-7-6-8-17(19(16)20-11)18-14(4)12(2)13(3)15(18)5/h6-8,11,18,20H,9-10H2,1-5H3. The normalized spacial score (nSPS) is 23.1. The van der Waals surface area contributed by atoms with Crippen LogP contribution in [0, 0.1) is 0 Å². The van der Waals surface area contributed by atoms with Gasteiger partial charge in [0.25, 0.3) is 0 Å². The number of fused-ring (bicyclic) bond motifs is 1. The van der Waals surface area contributed by atoms with E-state index in [2.05, 4.69) is 58.1 Å². The molecular weight excluding hydrogens is 242 g/mol. The summed E-state index contributed by atoms with van der Waals surface area (Å²) in [6.45, 7) is 11.4. The summed E-state index contributed by atoms with van der Waals surface area (Å²) in [5.74, 6) is 0.475. The second-order valence-electron chi connectivity index (χ2n) is 6.51. The molecule has 1 N–H and O–H groups in total. The van der Waals surface area contributed by atoms with E-state index in [1.165, 1.54) is 51.9 Å². The summed E-state index contributed by atoms with van der Waals surface area (Å²) < 4.78 is 0. The topological polar surface area (TPSA) is 12.0 Å². The van der Waals surface area contributed by atoms with Gasteiger partial charge >= 0.3 is 0 Å². The van der Waals surface area contributed by atoms with Gasteiger partial charge in [-0.2, -0.15) is 0 Å². The zero-order valence-electron chi connectivity index (χ0n) is 13.3. The monoisotopic (exact) mass is 267 g/mol. The molecule has 0 spiro atoms. The molecule has 1 heterocycles. The smallest absolute Gasteiger partial charge is 0.0416 e. The van der Waals surface area contributed by atoms with Gasteiger partial charge in [-0.1, -0.05) is 29.3 Å². The molecule has 1 aliphatic carbocycles. The van der Waals surface area contributed by atoms with Crippen molar-refractivity contribution < 1.29 is 0 Å². The number of anilines is 1. The van der Waals surface area contributed by atoms with E-state index in [-0.39, 0.29) is 0 Å². The van der Waals surface area contributed by atoms with E-state index < -0.39 is 0 Å². The lowest BCUT2D eigenvalue weighted by molar-refractivity contribution is 0.677. The first-order chi connectivity index (χ1) is 9.50. The van der Waals surface area contributed by atoms with Crippen LogP contribution < -0.4 is 5.32 Å². The maximum atomic E-state index is 3.73. The number of para-hydroxylation sites is 1. The molecule has 106 valence electrons. The Labute approximate surface area is 122 Å². The third-order valence-corrected chi connectivity index (χ3v) is 5.34. The van der Waals surface area contributed by atoms with Crippen molar-refractivity contribution >= 4 is 5.69 Å². The number of aryl methyl sites for hydroxylation is 1. The minimum atomic E-state index is 0.475. The summed E-state index contributed by atoms with van der Waals surface area (Å²) >= 11 is 0. The van der Waals surface area contributed by atoms with Crippen LogP contribution in [-0.2, 0) is 6.42 Å². The van der Waals surface area contributed by atoms with Crippen molar-refractivity contribution in [1.29, 1.82) is 0 Å². The molecule has 1 aromatic rings. The molecule has 1 nitrogen and oxygen atoms in total. The minimum Gasteiger partial charge on any atom is -0.382 e. The van der Waals surface area contributed by atoms with Crippen LogP contribution in [0.3, 0.4) is 0 Å². The second kappa shape index (κ2) is 4.80. The van der Waals surface area contributed by atoms with Crippen LogP contribution in [0.25, 0.3) is 0 Å². The minimum absolute atomic E-state index is 0.475. The maximum Gasteiger partial charge on any atom is 0.0416 e. The molecule has 1 heteroatoms. The Kier molecular flexibility index (Phi) is 3.24. The van der Waals surface area contributed by atoms with Gasteiger partial charge < -0.3 is 5.32 Å². The highest BCUT2D eigenvalue weighted by Gasteiger charge is 2.29. The van der Waals surface area contributed by atoms with Crippen LogP contribution in [0.15, 0.2) is 40.5 Å². The van der Waals surface area contributed by atoms with Crippen LogP contribution in [0.1, 0.15) is 58.1 Å². The van der Waals surface area contributed by atoms with Gasteiger partial charge in [0.2, 0.25) is 0 Å². The zero-order chi connectivity index (χ0) is 14.4. The summed E-state index contributed by atoms with van der Waals surface area (Å²) in [6, 6.07) is 7.41. The quantitative estimate of drug-likeness (QED) is 0.737. The van der Waals surface area contributed by atoms with E-state index in [1.54, 1.807) is 0 Å². The van der Waals surface area contributed by atoms with Gasteiger partial charge in [0.1, 0.15) is 0 Å². The van der Waals surface area contributed by atoms with E-state index in [0.717, 1.165) is 0 Å². The first kappa shape index (κ1) is 13.5. The fourth-order valence-corrected chi connectivity index (χ4v) is 3.75. The van der Waals surface area contributed by atoms with Gasteiger partial charge in [-0.15, -0.1) is 0 Å². The van der Waals surface area contributed by atoms with Crippen molar-refractivity contribution in [3.8, 4) is 0 Å². The lowest BCUT2D eigenvalue weighted by Crippen LogP contribution is -2.23. The molecule has 0 amide bonds. The first-order valence-corrected chi connectivity index (χ1v) is 7.74. The van der Waals surface area contributed by atoms with Gasteiger partial charge in [-0.25, -0.2) is 0 Å². The SMILES string of the molecule is CC1=C(C)C(c2cccc3c2NC(C)CC3)C(C)=C1C. The van der Waals surface area contributed by atoms with Crippen molar-refractivity contribution in [1.82, 2.24) is 0 Å². The molecule has 2 aliphatic rings. The highest BCUT2D eigenvalue weighted by atomic mass is 14.9.